The smallest absolute Gasteiger partial charge is 0.253 e. The monoisotopic (exact) mass is 275 g/mol. The van der Waals surface area contributed by atoms with E-state index in [1.807, 2.05) is 37.3 Å². The highest BCUT2D eigenvalue weighted by molar-refractivity contribution is 8.13. The minimum Gasteiger partial charge on any atom is -0.253 e. The van der Waals surface area contributed by atoms with Crippen molar-refractivity contribution in [3.8, 4) is 0 Å². The highest BCUT2D eigenvalue weighted by Crippen LogP contribution is 2.11. The van der Waals surface area contributed by atoms with Gasteiger partial charge in [-0.05, 0) is 11.3 Å². The molecule has 7 heteroatoms. The third-order valence-corrected chi connectivity index (χ3v) is 2.85. The average molecular weight is 275 g/mol. The lowest BCUT2D eigenvalue weighted by Crippen LogP contribution is -2.04. The van der Waals surface area contributed by atoms with E-state index in [1.165, 1.54) is 11.8 Å². The SMILES string of the molecule is CCS/C(Cc1ccccc1)=N\OS(=O)(=O)O. The summed E-state index contributed by atoms with van der Waals surface area (Å²) in [5.74, 6) is 0.737. The summed E-state index contributed by atoms with van der Waals surface area (Å²) >= 11 is 1.36. The van der Waals surface area contributed by atoms with Crippen LogP contribution in [0.1, 0.15) is 12.5 Å². The first-order valence-electron chi connectivity index (χ1n) is 4.91. The van der Waals surface area contributed by atoms with Gasteiger partial charge < -0.3 is 0 Å². The van der Waals surface area contributed by atoms with Gasteiger partial charge in [0.25, 0.3) is 0 Å². The molecule has 0 radical (unpaired) electrons. The number of hydrogen-bond donors (Lipinski definition) is 1. The third-order valence-electron chi connectivity index (χ3n) is 1.74. The number of nitrogens with zero attached hydrogens (tertiary/aromatic N) is 1. The van der Waals surface area contributed by atoms with Crippen molar-refractivity contribution in [2.75, 3.05) is 5.75 Å². The maximum Gasteiger partial charge on any atom is 0.466 e. The van der Waals surface area contributed by atoms with Gasteiger partial charge in [-0.2, -0.15) is 8.42 Å². The Morgan fingerprint density at radius 1 is 1.41 bits per heavy atom. The molecule has 94 valence electrons. The van der Waals surface area contributed by atoms with Crippen LogP contribution >= 0.6 is 11.8 Å². The van der Waals surface area contributed by atoms with Gasteiger partial charge >= 0.3 is 10.4 Å². The van der Waals surface area contributed by atoms with Gasteiger partial charge in [-0.25, -0.2) is 4.28 Å². The predicted octanol–water partition coefficient (Wildman–Crippen LogP) is 2.12. The lowest BCUT2D eigenvalue weighted by atomic mass is 10.2. The molecular weight excluding hydrogens is 262 g/mol. The number of oxime groups is 1. The zero-order chi connectivity index (χ0) is 12.7. The molecule has 0 aliphatic rings. The van der Waals surface area contributed by atoms with Crippen LogP contribution in [-0.4, -0.2) is 23.8 Å². The standard InChI is InChI=1S/C10H13NO4S2/c1-2-16-10(11-15-17(12,13)14)8-9-6-4-3-5-7-9/h3-7H,2,8H2,1H3,(H,12,13,14)/b11-10-. The summed E-state index contributed by atoms with van der Waals surface area (Å²) in [5.41, 5.74) is 0.992. The zero-order valence-corrected chi connectivity index (χ0v) is 10.9. The Balaban J connectivity index is 2.73. The van der Waals surface area contributed by atoms with Gasteiger partial charge in [0, 0.05) is 6.42 Å². The van der Waals surface area contributed by atoms with Crippen molar-refractivity contribution in [2.24, 2.45) is 5.16 Å². The van der Waals surface area contributed by atoms with Crippen LogP contribution in [0.5, 0.6) is 0 Å². The van der Waals surface area contributed by atoms with Crippen molar-refractivity contribution in [2.45, 2.75) is 13.3 Å². The van der Waals surface area contributed by atoms with E-state index in [1.54, 1.807) is 0 Å². The Morgan fingerprint density at radius 3 is 2.59 bits per heavy atom. The molecule has 1 N–H and O–H groups in total. The maximum absolute atomic E-state index is 10.4. The first-order valence-corrected chi connectivity index (χ1v) is 7.26. The minimum absolute atomic E-state index is 0.467. The molecule has 0 aliphatic carbocycles. The fourth-order valence-corrected chi connectivity index (χ4v) is 2.06. The molecule has 17 heavy (non-hydrogen) atoms. The minimum atomic E-state index is -4.53. The van der Waals surface area contributed by atoms with Crippen molar-refractivity contribution in [1.29, 1.82) is 0 Å². The number of benzene rings is 1. The molecule has 1 rings (SSSR count). The van der Waals surface area contributed by atoms with E-state index < -0.39 is 10.4 Å². The second kappa shape index (κ2) is 6.63. The molecule has 0 atom stereocenters. The lowest BCUT2D eigenvalue weighted by molar-refractivity contribution is 0.283. The van der Waals surface area contributed by atoms with Gasteiger partial charge in [0.1, 0.15) is 5.04 Å². The fraction of sp³-hybridized carbons (Fsp3) is 0.300. The van der Waals surface area contributed by atoms with E-state index in [0.29, 0.717) is 11.5 Å². The van der Waals surface area contributed by atoms with Gasteiger partial charge in [0.05, 0.1) is 0 Å². The summed E-state index contributed by atoms with van der Waals surface area (Å²) in [7, 11) is -4.53. The van der Waals surface area contributed by atoms with Crippen LogP contribution in [0.25, 0.3) is 0 Å². The summed E-state index contributed by atoms with van der Waals surface area (Å²) in [4.78, 5) is 0. The van der Waals surface area contributed by atoms with Gasteiger partial charge in [-0.15, -0.1) is 11.8 Å². The molecule has 0 heterocycles. The molecule has 0 saturated carbocycles. The topological polar surface area (TPSA) is 76.0 Å². The van der Waals surface area contributed by atoms with Crippen molar-refractivity contribution in [1.82, 2.24) is 0 Å². The van der Waals surface area contributed by atoms with Crippen LogP contribution in [0.3, 0.4) is 0 Å². The molecule has 0 aromatic heterocycles. The molecule has 1 aromatic carbocycles. The lowest BCUT2D eigenvalue weighted by Gasteiger charge is -2.03. The Kier molecular flexibility index (Phi) is 5.46. The molecule has 1 aromatic rings. The highest BCUT2D eigenvalue weighted by atomic mass is 32.3. The highest BCUT2D eigenvalue weighted by Gasteiger charge is 2.07. The van der Waals surface area contributed by atoms with Crippen molar-refractivity contribution in [3.05, 3.63) is 35.9 Å². The molecular formula is C10H13NO4S2. The first kappa shape index (κ1) is 14.0. The summed E-state index contributed by atoms with van der Waals surface area (Å²) in [6.07, 6.45) is 0.467. The number of rotatable bonds is 5. The van der Waals surface area contributed by atoms with Gasteiger partial charge in [-0.3, -0.25) is 4.55 Å². The molecule has 0 amide bonds. The van der Waals surface area contributed by atoms with E-state index in [4.69, 9.17) is 4.55 Å². The Morgan fingerprint density at radius 2 is 2.06 bits per heavy atom. The van der Waals surface area contributed by atoms with E-state index in [0.717, 1.165) is 11.3 Å². The van der Waals surface area contributed by atoms with Crippen LogP contribution < -0.4 is 0 Å². The second-order valence-electron chi connectivity index (χ2n) is 3.08. The van der Waals surface area contributed by atoms with Gasteiger partial charge in [0.15, 0.2) is 0 Å². The van der Waals surface area contributed by atoms with Crippen molar-refractivity contribution in [3.63, 3.8) is 0 Å². The van der Waals surface area contributed by atoms with Crippen molar-refractivity contribution >= 4 is 27.2 Å². The Bertz CT molecular complexity index is 470. The van der Waals surface area contributed by atoms with Crippen LogP contribution in [0.2, 0.25) is 0 Å². The van der Waals surface area contributed by atoms with Crippen LogP contribution in [0.15, 0.2) is 35.5 Å². The van der Waals surface area contributed by atoms with Crippen LogP contribution in [-0.2, 0) is 21.1 Å². The molecule has 5 nitrogen and oxygen atoms in total. The molecule has 0 fully saturated rings. The van der Waals surface area contributed by atoms with Crippen LogP contribution in [0.4, 0.5) is 0 Å². The van der Waals surface area contributed by atoms with E-state index in [2.05, 4.69) is 9.44 Å². The zero-order valence-electron chi connectivity index (χ0n) is 9.24. The first-order chi connectivity index (χ1) is 8.01. The normalized spacial score (nSPS) is 12.5. The second-order valence-corrected chi connectivity index (χ2v) is 5.42. The predicted molar refractivity (Wildman–Crippen MR) is 68.3 cm³/mol. The third kappa shape index (κ3) is 6.30. The average Bonchev–Trinajstić information content (AvgIpc) is 2.27. The van der Waals surface area contributed by atoms with Gasteiger partial charge in [-0.1, -0.05) is 42.4 Å². The molecule has 0 saturated heterocycles. The van der Waals surface area contributed by atoms with Crippen LogP contribution in [0, 0.1) is 0 Å². The van der Waals surface area contributed by atoms with Crippen molar-refractivity contribution < 1.29 is 17.3 Å². The molecule has 0 spiro atoms. The fourth-order valence-electron chi connectivity index (χ4n) is 1.14. The number of hydrogen-bond acceptors (Lipinski definition) is 5. The number of thioether (sulfide) groups is 1. The summed E-state index contributed by atoms with van der Waals surface area (Å²) < 4.78 is 33.3. The quantitative estimate of drug-likeness (QED) is 0.385. The molecule has 0 bridgehead atoms. The summed E-state index contributed by atoms with van der Waals surface area (Å²) in [6.45, 7) is 1.92. The van der Waals surface area contributed by atoms with E-state index >= 15 is 0 Å². The Hall–Kier alpha value is -1.05. The molecule has 0 aliphatic heterocycles. The summed E-state index contributed by atoms with van der Waals surface area (Å²) in [5, 5.41) is 3.92. The van der Waals surface area contributed by atoms with E-state index in [-0.39, 0.29) is 0 Å². The maximum atomic E-state index is 10.4. The van der Waals surface area contributed by atoms with E-state index in [9.17, 15) is 8.42 Å². The largest absolute Gasteiger partial charge is 0.466 e. The molecule has 0 unspecified atom stereocenters. The van der Waals surface area contributed by atoms with Gasteiger partial charge in [0.2, 0.25) is 0 Å². The Labute approximate surface area is 105 Å². The summed E-state index contributed by atoms with van der Waals surface area (Å²) in [6, 6.07) is 9.46.